The van der Waals surface area contributed by atoms with Gasteiger partial charge in [0.2, 0.25) is 0 Å². The normalized spacial score (nSPS) is 14.2. The molecular formula is C14H30N2. The molecule has 1 atom stereocenters. The molecule has 2 nitrogen and oxygen atoms in total. The molecule has 0 aromatic carbocycles. The topological polar surface area (TPSA) is 15.3 Å². The zero-order chi connectivity index (χ0) is 12.8. The number of likely N-dealkylation sites (N-methyl/N-ethyl adjacent to an activating group) is 1. The monoisotopic (exact) mass is 226 g/mol. The van der Waals surface area contributed by atoms with E-state index in [0.29, 0.717) is 11.5 Å². The minimum absolute atomic E-state index is 0.325. The molecular weight excluding hydrogens is 196 g/mol. The van der Waals surface area contributed by atoms with Crippen molar-refractivity contribution < 1.29 is 0 Å². The molecule has 0 aliphatic heterocycles. The van der Waals surface area contributed by atoms with Crippen LogP contribution in [0.5, 0.6) is 0 Å². The van der Waals surface area contributed by atoms with Crippen molar-refractivity contribution in [2.45, 2.75) is 47.1 Å². The number of hydrogen-bond acceptors (Lipinski definition) is 2. The maximum absolute atomic E-state index is 4.13. The van der Waals surface area contributed by atoms with E-state index in [-0.39, 0.29) is 0 Å². The molecule has 1 unspecified atom stereocenters. The minimum Gasteiger partial charge on any atom is -0.313 e. The summed E-state index contributed by atoms with van der Waals surface area (Å²) in [7, 11) is 2.18. The summed E-state index contributed by atoms with van der Waals surface area (Å²) in [6.45, 7) is 18.4. The molecule has 0 radical (unpaired) electrons. The van der Waals surface area contributed by atoms with Gasteiger partial charge in [0.1, 0.15) is 0 Å². The lowest BCUT2D eigenvalue weighted by atomic mass is 9.87. The Morgan fingerprint density at radius 1 is 1.38 bits per heavy atom. The largest absolute Gasteiger partial charge is 0.313 e. The highest BCUT2D eigenvalue weighted by molar-refractivity contribution is 5.00. The van der Waals surface area contributed by atoms with Crippen LogP contribution in [-0.2, 0) is 0 Å². The van der Waals surface area contributed by atoms with Gasteiger partial charge in [0.25, 0.3) is 0 Å². The lowest BCUT2D eigenvalue weighted by Crippen LogP contribution is -2.41. The van der Waals surface area contributed by atoms with Crippen molar-refractivity contribution in [1.82, 2.24) is 10.2 Å². The van der Waals surface area contributed by atoms with Crippen molar-refractivity contribution in [2.75, 3.05) is 26.7 Å². The van der Waals surface area contributed by atoms with Gasteiger partial charge in [0, 0.05) is 19.1 Å². The van der Waals surface area contributed by atoms with Gasteiger partial charge in [-0.15, -0.1) is 0 Å². The van der Waals surface area contributed by atoms with E-state index in [1.165, 1.54) is 12.0 Å². The van der Waals surface area contributed by atoms with Crippen molar-refractivity contribution >= 4 is 0 Å². The predicted molar refractivity (Wildman–Crippen MR) is 73.8 cm³/mol. The Balaban J connectivity index is 3.95. The van der Waals surface area contributed by atoms with E-state index >= 15 is 0 Å². The van der Waals surface area contributed by atoms with Gasteiger partial charge < -0.3 is 5.32 Å². The van der Waals surface area contributed by atoms with Gasteiger partial charge in [0.15, 0.2) is 0 Å². The van der Waals surface area contributed by atoms with Gasteiger partial charge in [-0.05, 0) is 37.9 Å². The Bertz CT molecular complexity index is 203. The lowest BCUT2D eigenvalue weighted by Gasteiger charge is -2.35. The highest BCUT2D eigenvalue weighted by Crippen LogP contribution is 2.23. The fourth-order valence-electron chi connectivity index (χ4n) is 1.65. The molecule has 0 aliphatic carbocycles. The van der Waals surface area contributed by atoms with Crippen LogP contribution in [0.1, 0.15) is 41.0 Å². The Labute approximate surface area is 102 Å². The average molecular weight is 226 g/mol. The van der Waals surface area contributed by atoms with Gasteiger partial charge in [-0.1, -0.05) is 34.3 Å². The molecule has 0 saturated carbocycles. The third-order valence-electron chi connectivity index (χ3n) is 3.19. The van der Waals surface area contributed by atoms with Crippen molar-refractivity contribution in [1.29, 1.82) is 0 Å². The number of rotatable bonds is 7. The van der Waals surface area contributed by atoms with E-state index in [1.807, 2.05) is 0 Å². The van der Waals surface area contributed by atoms with Gasteiger partial charge in [-0.25, -0.2) is 0 Å². The summed E-state index contributed by atoms with van der Waals surface area (Å²) < 4.78 is 0. The van der Waals surface area contributed by atoms with E-state index < -0.39 is 0 Å². The SMILES string of the molecule is C=C(CNCCC)CN(C)C(C)C(C)(C)C. The lowest BCUT2D eigenvalue weighted by molar-refractivity contribution is 0.151. The second-order valence-corrected chi connectivity index (χ2v) is 5.88. The molecule has 96 valence electrons. The van der Waals surface area contributed by atoms with Gasteiger partial charge in [-0.3, -0.25) is 4.90 Å². The third-order valence-corrected chi connectivity index (χ3v) is 3.19. The number of nitrogens with one attached hydrogen (secondary N) is 1. The summed E-state index contributed by atoms with van der Waals surface area (Å²) in [5.74, 6) is 0. The Hall–Kier alpha value is -0.340. The quantitative estimate of drug-likeness (QED) is 0.530. The van der Waals surface area contributed by atoms with E-state index in [9.17, 15) is 0 Å². The van der Waals surface area contributed by atoms with Crippen LogP contribution in [0.15, 0.2) is 12.2 Å². The van der Waals surface area contributed by atoms with Crippen LogP contribution in [0.3, 0.4) is 0 Å². The van der Waals surface area contributed by atoms with Crippen molar-refractivity contribution in [3.8, 4) is 0 Å². The summed E-state index contributed by atoms with van der Waals surface area (Å²) >= 11 is 0. The zero-order valence-electron chi connectivity index (χ0n) is 12.1. The van der Waals surface area contributed by atoms with E-state index in [0.717, 1.165) is 19.6 Å². The first-order valence-corrected chi connectivity index (χ1v) is 6.36. The molecule has 0 aromatic rings. The zero-order valence-corrected chi connectivity index (χ0v) is 12.1. The van der Waals surface area contributed by atoms with Gasteiger partial charge in [0.05, 0.1) is 0 Å². The summed E-state index contributed by atoms with van der Waals surface area (Å²) in [6.07, 6.45) is 1.18. The molecule has 1 N–H and O–H groups in total. The average Bonchev–Trinajstić information content (AvgIpc) is 2.15. The van der Waals surface area contributed by atoms with Gasteiger partial charge >= 0.3 is 0 Å². The standard InChI is InChI=1S/C14H30N2/c1-8-9-15-10-12(2)11-16(7)13(3)14(4,5)6/h13,15H,2,8-11H2,1,3-7H3. The second kappa shape index (κ2) is 7.08. The van der Waals surface area contributed by atoms with E-state index in [2.05, 4.69) is 58.5 Å². The molecule has 0 bridgehead atoms. The molecule has 16 heavy (non-hydrogen) atoms. The van der Waals surface area contributed by atoms with Crippen LogP contribution >= 0.6 is 0 Å². The highest BCUT2D eigenvalue weighted by atomic mass is 15.1. The summed E-state index contributed by atoms with van der Waals surface area (Å²) in [6, 6.07) is 0.565. The van der Waals surface area contributed by atoms with Crippen LogP contribution in [0.2, 0.25) is 0 Å². The maximum Gasteiger partial charge on any atom is 0.0202 e. The first-order valence-electron chi connectivity index (χ1n) is 6.36. The minimum atomic E-state index is 0.325. The van der Waals surface area contributed by atoms with Crippen molar-refractivity contribution in [3.05, 3.63) is 12.2 Å². The molecule has 0 aliphatic rings. The Kier molecular flexibility index (Phi) is 6.93. The molecule has 0 heterocycles. The molecule has 0 saturated heterocycles. The molecule has 0 spiro atoms. The summed E-state index contributed by atoms with van der Waals surface area (Å²) in [4.78, 5) is 2.38. The van der Waals surface area contributed by atoms with Crippen LogP contribution in [-0.4, -0.2) is 37.6 Å². The summed E-state index contributed by atoms with van der Waals surface area (Å²) in [5, 5.41) is 3.39. The van der Waals surface area contributed by atoms with Crippen molar-refractivity contribution in [2.24, 2.45) is 5.41 Å². The first kappa shape index (κ1) is 15.7. The molecule has 0 aromatic heterocycles. The fraction of sp³-hybridized carbons (Fsp3) is 0.857. The Morgan fingerprint density at radius 2 is 1.94 bits per heavy atom. The number of nitrogens with zero attached hydrogens (tertiary/aromatic N) is 1. The van der Waals surface area contributed by atoms with Crippen LogP contribution < -0.4 is 5.32 Å². The predicted octanol–water partition coefficient (Wildman–Crippen LogP) is 2.91. The first-order chi connectivity index (χ1) is 7.29. The van der Waals surface area contributed by atoms with E-state index in [1.54, 1.807) is 0 Å². The van der Waals surface area contributed by atoms with Crippen molar-refractivity contribution in [3.63, 3.8) is 0 Å². The smallest absolute Gasteiger partial charge is 0.0202 e. The molecule has 2 heteroatoms. The summed E-state index contributed by atoms with van der Waals surface area (Å²) in [5.41, 5.74) is 1.60. The maximum atomic E-state index is 4.13. The van der Waals surface area contributed by atoms with Gasteiger partial charge in [-0.2, -0.15) is 0 Å². The fourth-order valence-corrected chi connectivity index (χ4v) is 1.65. The molecule has 0 rings (SSSR count). The molecule has 0 amide bonds. The Morgan fingerprint density at radius 3 is 2.38 bits per heavy atom. The van der Waals surface area contributed by atoms with Crippen LogP contribution in [0.25, 0.3) is 0 Å². The molecule has 0 fully saturated rings. The number of hydrogen-bond donors (Lipinski definition) is 1. The van der Waals surface area contributed by atoms with E-state index in [4.69, 9.17) is 0 Å². The third kappa shape index (κ3) is 6.29. The van der Waals surface area contributed by atoms with Crippen LogP contribution in [0, 0.1) is 5.41 Å². The second-order valence-electron chi connectivity index (χ2n) is 5.88. The highest BCUT2D eigenvalue weighted by Gasteiger charge is 2.23. The van der Waals surface area contributed by atoms with Crippen LogP contribution in [0.4, 0.5) is 0 Å².